The number of rotatable bonds is 9. The fraction of sp³-hybridized carbons (Fsp3) is 0.630. The van der Waals surface area contributed by atoms with Gasteiger partial charge < -0.3 is 14.2 Å². The number of carbonyl (C=O) groups excluding carboxylic acids is 1. The lowest BCUT2D eigenvalue weighted by Gasteiger charge is -2.47. The molecule has 0 radical (unpaired) electrons. The SMILES string of the molecule is COc1cc2c(cc1OC)[C@H]1C[C@@H](COC(=O)CCn3ccc(C)n3)[C@H](CC(C)C)CN1CC2. The number of nitrogens with zero attached hydrogens (tertiary/aromatic N) is 3. The normalized spacial score (nSPS) is 22.2. The second-order valence-corrected chi connectivity index (χ2v) is 10.2. The van der Waals surface area contributed by atoms with Gasteiger partial charge in [-0.3, -0.25) is 14.4 Å². The summed E-state index contributed by atoms with van der Waals surface area (Å²) in [6.45, 7) is 9.65. The van der Waals surface area contributed by atoms with Gasteiger partial charge in [-0.1, -0.05) is 13.8 Å². The second kappa shape index (κ2) is 10.8. The van der Waals surface area contributed by atoms with Gasteiger partial charge in [-0.05, 0) is 73.3 Å². The predicted molar refractivity (Wildman–Crippen MR) is 131 cm³/mol. The average Bonchev–Trinajstić information content (AvgIpc) is 3.24. The van der Waals surface area contributed by atoms with E-state index in [4.69, 9.17) is 14.2 Å². The van der Waals surface area contributed by atoms with E-state index in [1.807, 2.05) is 19.2 Å². The van der Waals surface area contributed by atoms with Crippen LogP contribution in [0.25, 0.3) is 0 Å². The number of ether oxygens (including phenoxy) is 3. The van der Waals surface area contributed by atoms with Gasteiger partial charge in [0.25, 0.3) is 0 Å². The van der Waals surface area contributed by atoms with E-state index in [2.05, 4.69) is 36.0 Å². The van der Waals surface area contributed by atoms with Gasteiger partial charge in [-0.2, -0.15) is 5.10 Å². The predicted octanol–water partition coefficient (Wildman–Crippen LogP) is 4.42. The van der Waals surface area contributed by atoms with Crippen LogP contribution in [0.5, 0.6) is 11.5 Å². The first-order valence-electron chi connectivity index (χ1n) is 12.5. The number of fused-ring (bicyclic) bond motifs is 3. The highest BCUT2D eigenvalue weighted by Gasteiger charge is 2.40. The number of aryl methyl sites for hydroxylation is 2. The van der Waals surface area contributed by atoms with Gasteiger partial charge in [0.05, 0.1) is 39.5 Å². The van der Waals surface area contributed by atoms with Crippen LogP contribution in [0.2, 0.25) is 0 Å². The van der Waals surface area contributed by atoms with Gasteiger partial charge in [-0.25, -0.2) is 0 Å². The minimum absolute atomic E-state index is 0.144. The molecule has 34 heavy (non-hydrogen) atoms. The van der Waals surface area contributed by atoms with Crippen LogP contribution in [0.1, 0.15) is 56.0 Å². The lowest BCUT2D eigenvalue weighted by Crippen LogP contribution is -2.47. The molecule has 2 aliphatic rings. The molecule has 186 valence electrons. The van der Waals surface area contributed by atoms with Crippen LogP contribution < -0.4 is 9.47 Å². The number of esters is 1. The number of piperidine rings is 1. The second-order valence-electron chi connectivity index (χ2n) is 10.2. The summed E-state index contributed by atoms with van der Waals surface area (Å²) in [5.74, 6) is 2.92. The summed E-state index contributed by atoms with van der Waals surface area (Å²) in [5.41, 5.74) is 3.63. The highest BCUT2D eigenvalue weighted by molar-refractivity contribution is 5.69. The zero-order valence-electron chi connectivity index (χ0n) is 21.3. The number of carbonyl (C=O) groups is 1. The number of hydrogen-bond acceptors (Lipinski definition) is 6. The summed E-state index contributed by atoms with van der Waals surface area (Å²) in [4.78, 5) is 15.2. The van der Waals surface area contributed by atoms with E-state index < -0.39 is 0 Å². The third-order valence-corrected chi connectivity index (χ3v) is 7.33. The lowest BCUT2D eigenvalue weighted by atomic mass is 9.74. The van der Waals surface area contributed by atoms with Crippen molar-refractivity contribution >= 4 is 5.97 Å². The Labute approximate surface area is 203 Å². The van der Waals surface area contributed by atoms with Crippen molar-refractivity contribution in [1.82, 2.24) is 14.7 Å². The van der Waals surface area contributed by atoms with E-state index in [9.17, 15) is 4.79 Å². The first kappa shape index (κ1) is 24.6. The Morgan fingerprint density at radius 3 is 2.62 bits per heavy atom. The Balaban J connectivity index is 1.45. The molecule has 7 nitrogen and oxygen atoms in total. The summed E-state index contributed by atoms with van der Waals surface area (Å²) >= 11 is 0. The van der Waals surface area contributed by atoms with Crippen molar-refractivity contribution in [2.75, 3.05) is 33.9 Å². The van der Waals surface area contributed by atoms with E-state index in [0.717, 1.165) is 49.5 Å². The van der Waals surface area contributed by atoms with Crippen LogP contribution in [0.15, 0.2) is 24.4 Å². The van der Waals surface area contributed by atoms with Gasteiger partial charge in [0, 0.05) is 25.3 Å². The third-order valence-electron chi connectivity index (χ3n) is 7.33. The van der Waals surface area contributed by atoms with Crippen molar-refractivity contribution in [3.8, 4) is 11.5 Å². The number of hydrogen-bond donors (Lipinski definition) is 0. The minimum Gasteiger partial charge on any atom is -0.493 e. The van der Waals surface area contributed by atoms with Gasteiger partial charge in [0.2, 0.25) is 0 Å². The summed E-state index contributed by atoms with van der Waals surface area (Å²) < 4.78 is 18.8. The molecule has 1 aromatic carbocycles. The Morgan fingerprint density at radius 2 is 1.94 bits per heavy atom. The van der Waals surface area contributed by atoms with Crippen molar-refractivity contribution in [2.45, 2.75) is 59.0 Å². The lowest BCUT2D eigenvalue weighted by molar-refractivity contribution is -0.147. The molecule has 0 amide bonds. The first-order chi connectivity index (χ1) is 16.4. The van der Waals surface area contributed by atoms with Gasteiger partial charge >= 0.3 is 5.97 Å². The van der Waals surface area contributed by atoms with Crippen LogP contribution in [0, 0.1) is 24.7 Å². The fourth-order valence-corrected chi connectivity index (χ4v) is 5.65. The molecular formula is C27H39N3O4. The quantitative estimate of drug-likeness (QED) is 0.507. The van der Waals surface area contributed by atoms with Crippen molar-refractivity contribution in [3.05, 3.63) is 41.2 Å². The average molecular weight is 470 g/mol. The molecular weight excluding hydrogens is 430 g/mol. The van der Waals surface area contributed by atoms with Crippen LogP contribution in [0.4, 0.5) is 0 Å². The topological polar surface area (TPSA) is 65.8 Å². The van der Waals surface area contributed by atoms with Gasteiger partial charge in [0.1, 0.15) is 0 Å². The van der Waals surface area contributed by atoms with Gasteiger partial charge in [-0.15, -0.1) is 0 Å². The van der Waals surface area contributed by atoms with E-state index in [1.165, 1.54) is 11.1 Å². The number of aromatic nitrogens is 2. The standard InChI is InChI=1S/C27H39N3O4/c1-18(2)12-21-16-29-9-7-20-14-25(32-4)26(33-5)15-23(20)24(29)13-22(21)17-34-27(31)8-11-30-10-6-19(3)28-30/h6,10,14-15,18,21-22,24H,7-9,11-13,16-17H2,1-5H3/t21-,22+,24-/m1/s1. The monoisotopic (exact) mass is 469 g/mol. The zero-order valence-corrected chi connectivity index (χ0v) is 21.3. The summed E-state index contributed by atoms with van der Waals surface area (Å²) in [7, 11) is 3.38. The molecule has 4 rings (SSSR count). The maximum atomic E-state index is 12.5. The van der Waals surface area contributed by atoms with E-state index in [0.29, 0.717) is 43.4 Å². The molecule has 3 heterocycles. The van der Waals surface area contributed by atoms with Crippen molar-refractivity contribution in [3.63, 3.8) is 0 Å². The Kier molecular flexibility index (Phi) is 7.81. The number of benzene rings is 1. The zero-order chi connectivity index (χ0) is 24.2. The molecule has 0 spiro atoms. The van der Waals surface area contributed by atoms with E-state index in [-0.39, 0.29) is 5.97 Å². The van der Waals surface area contributed by atoms with E-state index >= 15 is 0 Å². The Hall–Kier alpha value is -2.54. The molecule has 0 N–H and O–H groups in total. The van der Waals surface area contributed by atoms with Gasteiger partial charge in [0.15, 0.2) is 11.5 Å². The summed E-state index contributed by atoms with van der Waals surface area (Å²) in [5, 5.41) is 4.35. The molecule has 2 aliphatic heterocycles. The minimum atomic E-state index is -0.144. The molecule has 0 bridgehead atoms. The molecule has 0 aliphatic carbocycles. The molecule has 1 aromatic heterocycles. The third kappa shape index (κ3) is 5.57. The molecule has 7 heteroatoms. The van der Waals surface area contributed by atoms with Crippen LogP contribution in [-0.4, -0.2) is 54.6 Å². The van der Waals surface area contributed by atoms with Crippen molar-refractivity contribution in [1.29, 1.82) is 0 Å². The van der Waals surface area contributed by atoms with E-state index in [1.54, 1.807) is 18.9 Å². The highest BCUT2D eigenvalue weighted by atomic mass is 16.5. The molecule has 2 aromatic rings. The number of methoxy groups -OCH3 is 2. The smallest absolute Gasteiger partial charge is 0.307 e. The molecule has 3 atom stereocenters. The van der Waals surface area contributed by atoms with Crippen LogP contribution in [0.3, 0.4) is 0 Å². The maximum absolute atomic E-state index is 12.5. The molecule has 1 fully saturated rings. The largest absolute Gasteiger partial charge is 0.493 e. The highest BCUT2D eigenvalue weighted by Crippen LogP contribution is 2.45. The van der Waals surface area contributed by atoms with Crippen LogP contribution >= 0.6 is 0 Å². The van der Waals surface area contributed by atoms with Crippen LogP contribution in [-0.2, 0) is 22.5 Å². The summed E-state index contributed by atoms with van der Waals surface area (Å²) in [6.07, 6.45) is 5.41. The summed E-state index contributed by atoms with van der Waals surface area (Å²) in [6, 6.07) is 6.56. The molecule has 0 unspecified atom stereocenters. The molecule has 1 saturated heterocycles. The Morgan fingerprint density at radius 1 is 1.18 bits per heavy atom. The van der Waals surface area contributed by atoms with Crippen molar-refractivity contribution in [2.24, 2.45) is 17.8 Å². The van der Waals surface area contributed by atoms with Crippen molar-refractivity contribution < 1.29 is 19.0 Å². The first-order valence-corrected chi connectivity index (χ1v) is 12.5. The molecule has 0 saturated carbocycles. The fourth-order valence-electron chi connectivity index (χ4n) is 5.65. The Bertz CT molecular complexity index is 986. The maximum Gasteiger partial charge on any atom is 0.307 e.